The van der Waals surface area contributed by atoms with Gasteiger partial charge in [-0.05, 0) is 25.3 Å². The van der Waals surface area contributed by atoms with Gasteiger partial charge in [0.1, 0.15) is 5.82 Å². The van der Waals surface area contributed by atoms with Crippen LogP contribution >= 0.6 is 11.8 Å². The van der Waals surface area contributed by atoms with Crippen LogP contribution in [0.4, 0.5) is 5.82 Å². The lowest BCUT2D eigenvalue weighted by Gasteiger charge is -2.22. The Balaban J connectivity index is 1.39. The predicted octanol–water partition coefficient (Wildman–Crippen LogP) is 2.54. The summed E-state index contributed by atoms with van der Waals surface area (Å²) < 4.78 is 0. The number of aromatic nitrogens is 3. The molecule has 2 aromatic rings. The van der Waals surface area contributed by atoms with Crippen molar-refractivity contribution in [3.05, 3.63) is 36.3 Å². The number of piperidine rings is 1. The first-order valence-corrected chi connectivity index (χ1v) is 10.7. The maximum atomic E-state index is 12.1. The van der Waals surface area contributed by atoms with Gasteiger partial charge in [0.2, 0.25) is 5.91 Å². The van der Waals surface area contributed by atoms with Crippen LogP contribution in [-0.4, -0.2) is 51.5 Å². The lowest BCUT2D eigenvalue weighted by atomic mass is 10.2. The number of pyridine rings is 1. The second-order valence-corrected chi connectivity index (χ2v) is 8.79. The van der Waals surface area contributed by atoms with Gasteiger partial charge >= 0.3 is 0 Å². The van der Waals surface area contributed by atoms with E-state index in [4.69, 9.17) is 4.98 Å². The molecule has 1 N–H and O–H groups in total. The van der Waals surface area contributed by atoms with Crippen LogP contribution in [0.15, 0.2) is 30.6 Å². The Labute approximate surface area is 164 Å². The molecule has 2 aromatic heterocycles. The van der Waals surface area contributed by atoms with E-state index >= 15 is 0 Å². The van der Waals surface area contributed by atoms with E-state index in [1.165, 1.54) is 0 Å². The molecular weight excluding hydrogens is 358 g/mol. The summed E-state index contributed by atoms with van der Waals surface area (Å²) in [5, 5.41) is 3.59. The van der Waals surface area contributed by atoms with Crippen molar-refractivity contribution in [1.29, 1.82) is 0 Å². The van der Waals surface area contributed by atoms with Crippen LogP contribution in [0.25, 0.3) is 11.4 Å². The van der Waals surface area contributed by atoms with Crippen LogP contribution in [0.5, 0.6) is 0 Å². The van der Waals surface area contributed by atoms with Gasteiger partial charge in [0.05, 0.1) is 0 Å². The number of amides is 1. The maximum Gasteiger partial charge on any atom is 0.221 e. The van der Waals surface area contributed by atoms with Crippen molar-refractivity contribution in [3.8, 4) is 11.4 Å². The van der Waals surface area contributed by atoms with E-state index in [1.54, 1.807) is 24.2 Å². The van der Waals surface area contributed by atoms with Gasteiger partial charge in [0.25, 0.3) is 0 Å². The fourth-order valence-corrected chi connectivity index (χ4v) is 4.17. The third kappa shape index (κ3) is 3.93. The molecule has 3 heterocycles. The molecule has 4 rings (SSSR count). The quantitative estimate of drug-likeness (QED) is 0.827. The van der Waals surface area contributed by atoms with E-state index in [-0.39, 0.29) is 5.91 Å². The van der Waals surface area contributed by atoms with Crippen molar-refractivity contribution in [2.75, 3.05) is 24.2 Å². The molecule has 1 aliphatic carbocycles. The van der Waals surface area contributed by atoms with Crippen LogP contribution in [0.2, 0.25) is 0 Å². The monoisotopic (exact) mass is 383 g/mol. The highest BCUT2D eigenvalue weighted by atomic mass is 32.2. The molecule has 0 spiro atoms. The Morgan fingerprint density at radius 1 is 1.37 bits per heavy atom. The summed E-state index contributed by atoms with van der Waals surface area (Å²) in [6, 6.07) is 6.26. The Morgan fingerprint density at radius 2 is 2.15 bits per heavy atom. The lowest BCUT2D eigenvalue weighted by molar-refractivity contribution is -0.121. The van der Waals surface area contributed by atoms with Crippen LogP contribution in [-0.2, 0) is 4.79 Å². The second kappa shape index (κ2) is 7.46. The molecule has 142 valence electrons. The minimum atomic E-state index is 0.180. The van der Waals surface area contributed by atoms with Crippen molar-refractivity contribution in [2.24, 2.45) is 11.8 Å². The Hall–Kier alpha value is -2.15. The average molecular weight is 384 g/mol. The summed E-state index contributed by atoms with van der Waals surface area (Å²) in [6.07, 6.45) is 6.19. The molecule has 1 amide bonds. The average Bonchev–Trinajstić information content (AvgIpc) is 3.10. The molecule has 6 nitrogen and oxygen atoms in total. The van der Waals surface area contributed by atoms with Gasteiger partial charge in [-0.3, -0.25) is 9.78 Å². The summed E-state index contributed by atoms with van der Waals surface area (Å²) >= 11 is 1.73. The van der Waals surface area contributed by atoms with E-state index < -0.39 is 0 Å². The summed E-state index contributed by atoms with van der Waals surface area (Å²) in [7, 11) is 0. The molecular formula is C20H25N5OS. The first-order chi connectivity index (χ1) is 13.0. The third-order valence-electron chi connectivity index (χ3n) is 5.48. The van der Waals surface area contributed by atoms with Gasteiger partial charge < -0.3 is 10.2 Å². The third-order valence-corrected chi connectivity index (χ3v) is 6.45. The summed E-state index contributed by atoms with van der Waals surface area (Å²) in [5.74, 6) is 2.94. The minimum absolute atomic E-state index is 0.180. The fraction of sp³-hybridized carbons (Fsp3) is 0.500. The van der Waals surface area contributed by atoms with Crippen LogP contribution in [0.1, 0.15) is 19.0 Å². The van der Waals surface area contributed by atoms with E-state index in [0.717, 1.165) is 36.0 Å². The van der Waals surface area contributed by atoms with Gasteiger partial charge in [-0.15, -0.1) is 0 Å². The number of hydrogen-bond acceptors (Lipinski definition) is 6. The standard InChI is InChI=1S/C20H25N5OS/c1-12-7-17(23-20(22-12)14-5-4-6-21-9-14)25-10-15-16(11-25)19(15)24-18(26)8-13(2)27-3/h4-7,9,13,15-16,19H,8,10-11H2,1-3H3,(H,24,26)/t13?,15-,16+,19?. The zero-order valence-corrected chi connectivity index (χ0v) is 16.7. The number of hydrogen-bond donors (Lipinski definition) is 1. The molecule has 0 radical (unpaired) electrons. The summed E-state index contributed by atoms with van der Waals surface area (Å²) in [4.78, 5) is 27.9. The number of carbonyl (C=O) groups is 1. The SMILES string of the molecule is CSC(C)CC(=O)NC1[C@H]2CN(c3cc(C)nc(-c4cccnc4)n3)C[C@@H]12. The number of aryl methyl sites for hydroxylation is 1. The molecule has 1 saturated heterocycles. The molecule has 2 fully saturated rings. The van der Waals surface area contributed by atoms with E-state index in [1.807, 2.05) is 31.4 Å². The largest absolute Gasteiger partial charge is 0.356 e. The van der Waals surface area contributed by atoms with Gasteiger partial charge in [0.15, 0.2) is 5.82 Å². The van der Waals surface area contributed by atoms with E-state index in [0.29, 0.717) is 29.5 Å². The minimum Gasteiger partial charge on any atom is -0.356 e. The molecule has 1 saturated carbocycles. The Morgan fingerprint density at radius 3 is 2.81 bits per heavy atom. The fourth-order valence-electron chi connectivity index (χ4n) is 3.85. The molecule has 1 aliphatic heterocycles. The molecule has 2 aliphatic rings. The number of anilines is 1. The molecule has 4 atom stereocenters. The van der Waals surface area contributed by atoms with Crippen LogP contribution < -0.4 is 10.2 Å². The van der Waals surface area contributed by atoms with Gasteiger partial charge in [-0.1, -0.05) is 6.92 Å². The second-order valence-electron chi connectivity index (χ2n) is 7.51. The van der Waals surface area contributed by atoms with Gasteiger partial charge in [-0.25, -0.2) is 9.97 Å². The highest BCUT2D eigenvalue weighted by molar-refractivity contribution is 7.99. The number of fused-ring (bicyclic) bond motifs is 1. The van der Waals surface area contributed by atoms with Gasteiger partial charge in [-0.2, -0.15) is 11.8 Å². The first kappa shape index (κ1) is 18.2. The van der Waals surface area contributed by atoms with Crippen molar-refractivity contribution < 1.29 is 4.79 Å². The molecule has 27 heavy (non-hydrogen) atoms. The molecule has 7 heteroatoms. The Bertz CT molecular complexity index is 818. The molecule has 0 bridgehead atoms. The lowest BCUT2D eigenvalue weighted by Crippen LogP contribution is -2.35. The molecule has 2 unspecified atom stereocenters. The zero-order valence-electron chi connectivity index (χ0n) is 15.9. The van der Waals surface area contributed by atoms with E-state index in [9.17, 15) is 4.79 Å². The molecule has 0 aromatic carbocycles. The first-order valence-electron chi connectivity index (χ1n) is 9.38. The van der Waals surface area contributed by atoms with Crippen LogP contribution in [0, 0.1) is 18.8 Å². The normalized spacial score (nSPS) is 24.4. The predicted molar refractivity (Wildman–Crippen MR) is 109 cm³/mol. The topological polar surface area (TPSA) is 71.0 Å². The zero-order chi connectivity index (χ0) is 19.0. The van der Waals surface area contributed by atoms with E-state index in [2.05, 4.69) is 27.1 Å². The van der Waals surface area contributed by atoms with Crippen molar-refractivity contribution in [2.45, 2.75) is 31.6 Å². The number of carbonyl (C=O) groups excluding carboxylic acids is 1. The highest BCUT2D eigenvalue weighted by Gasteiger charge is 2.56. The van der Waals surface area contributed by atoms with Crippen LogP contribution in [0.3, 0.4) is 0 Å². The van der Waals surface area contributed by atoms with Gasteiger partial charge in [0, 0.05) is 72.4 Å². The van der Waals surface area contributed by atoms with Crippen molar-refractivity contribution >= 4 is 23.5 Å². The number of nitrogens with one attached hydrogen (secondary N) is 1. The summed E-state index contributed by atoms with van der Waals surface area (Å²) in [6.45, 7) is 5.97. The number of nitrogens with zero attached hydrogens (tertiary/aromatic N) is 4. The smallest absolute Gasteiger partial charge is 0.221 e. The van der Waals surface area contributed by atoms with Crippen molar-refractivity contribution in [3.63, 3.8) is 0 Å². The number of thioether (sulfide) groups is 1. The summed E-state index contributed by atoms with van der Waals surface area (Å²) in [5.41, 5.74) is 1.88. The maximum absolute atomic E-state index is 12.1. The number of rotatable bonds is 6. The van der Waals surface area contributed by atoms with Crippen molar-refractivity contribution in [1.82, 2.24) is 20.3 Å². The Kier molecular flexibility index (Phi) is 5.04. The highest BCUT2D eigenvalue weighted by Crippen LogP contribution is 2.46.